The van der Waals surface area contributed by atoms with Crippen LogP contribution < -0.4 is 0 Å². The molecule has 1 unspecified atom stereocenters. The van der Waals surface area contributed by atoms with Gasteiger partial charge in [-0.1, -0.05) is 30.1 Å². The molecule has 0 fully saturated rings. The van der Waals surface area contributed by atoms with Gasteiger partial charge in [0.05, 0.1) is 27.7 Å². The molecule has 0 aliphatic heterocycles. The van der Waals surface area contributed by atoms with Gasteiger partial charge in [0.2, 0.25) is 0 Å². The van der Waals surface area contributed by atoms with E-state index in [0.717, 1.165) is 17.5 Å². The fourth-order valence-electron chi connectivity index (χ4n) is 1.44. The summed E-state index contributed by atoms with van der Waals surface area (Å²) < 4.78 is 1.87. The molecule has 0 radical (unpaired) electrons. The molecule has 15 heavy (non-hydrogen) atoms. The quantitative estimate of drug-likeness (QED) is 0.806. The Hall–Kier alpha value is -0.800. The summed E-state index contributed by atoms with van der Waals surface area (Å²) in [5, 5.41) is 6.08. The summed E-state index contributed by atoms with van der Waals surface area (Å²) in [5.41, 5.74) is 0.791. The Morgan fingerprint density at radius 3 is 2.80 bits per heavy atom. The highest BCUT2D eigenvalue weighted by Crippen LogP contribution is 2.30. The minimum absolute atomic E-state index is 0.312. The van der Waals surface area contributed by atoms with Crippen molar-refractivity contribution in [2.75, 3.05) is 0 Å². The third-order valence-electron chi connectivity index (χ3n) is 2.52. The van der Waals surface area contributed by atoms with E-state index in [2.05, 4.69) is 23.9 Å². The molecule has 2 heterocycles. The second-order valence-electron chi connectivity index (χ2n) is 3.50. The largest absolute Gasteiger partial charge is 0.244 e. The van der Waals surface area contributed by atoms with E-state index in [-0.39, 0.29) is 0 Å². The van der Waals surface area contributed by atoms with Crippen molar-refractivity contribution in [1.29, 1.82) is 0 Å². The van der Waals surface area contributed by atoms with Gasteiger partial charge in [0.15, 0.2) is 5.65 Å². The van der Waals surface area contributed by atoms with E-state index in [1.54, 1.807) is 12.4 Å². The highest BCUT2D eigenvalue weighted by Gasteiger charge is 2.13. The highest BCUT2D eigenvalue weighted by molar-refractivity contribution is 6.44. The topological polar surface area (TPSA) is 30.7 Å². The van der Waals surface area contributed by atoms with E-state index in [1.807, 2.05) is 4.68 Å². The Morgan fingerprint density at radius 2 is 2.13 bits per heavy atom. The molecular formula is C10H11Cl2N3. The molecule has 0 aromatic carbocycles. The number of rotatable bonds is 2. The van der Waals surface area contributed by atoms with Crippen molar-refractivity contribution < 1.29 is 0 Å². The minimum Gasteiger partial charge on any atom is -0.244 e. The lowest BCUT2D eigenvalue weighted by atomic mass is 10.2. The predicted octanol–water partition coefficient (Wildman–Crippen LogP) is 3.71. The van der Waals surface area contributed by atoms with E-state index in [9.17, 15) is 0 Å². The van der Waals surface area contributed by atoms with Crippen molar-refractivity contribution >= 4 is 34.2 Å². The Labute approximate surface area is 98.0 Å². The summed E-state index contributed by atoms with van der Waals surface area (Å²) in [6.07, 6.45) is 4.27. The van der Waals surface area contributed by atoms with Gasteiger partial charge in [-0.15, -0.1) is 0 Å². The Kier molecular flexibility index (Phi) is 2.85. The van der Waals surface area contributed by atoms with Gasteiger partial charge >= 0.3 is 0 Å². The Bertz CT molecular complexity index is 493. The number of hydrogen-bond acceptors (Lipinski definition) is 2. The lowest BCUT2D eigenvalue weighted by Crippen LogP contribution is -2.06. The van der Waals surface area contributed by atoms with Crippen molar-refractivity contribution in [2.45, 2.75) is 26.3 Å². The van der Waals surface area contributed by atoms with E-state index >= 15 is 0 Å². The first-order valence-electron chi connectivity index (χ1n) is 4.82. The normalized spacial score (nSPS) is 13.3. The van der Waals surface area contributed by atoms with Crippen LogP contribution >= 0.6 is 23.2 Å². The first-order chi connectivity index (χ1) is 7.15. The van der Waals surface area contributed by atoms with Crippen LogP contribution in [-0.4, -0.2) is 14.8 Å². The van der Waals surface area contributed by atoms with Crippen molar-refractivity contribution in [3.05, 3.63) is 22.4 Å². The number of halogens is 2. The summed E-state index contributed by atoms with van der Waals surface area (Å²) >= 11 is 11.9. The zero-order valence-corrected chi connectivity index (χ0v) is 10.0. The van der Waals surface area contributed by atoms with Gasteiger partial charge in [0, 0.05) is 6.20 Å². The van der Waals surface area contributed by atoms with Crippen molar-refractivity contribution in [2.24, 2.45) is 0 Å². The van der Waals surface area contributed by atoms with Crippen LogP contribution in [-0.2, 0) is 0 Å². The molecule has 0 saturated carbocycles. The first-order valence-corrected chi connectivity index (χ1v) is 5.58. The zero-order valence-electron chi connectivity index (χ0n) is 8.54. The molecule has 0 bridgehead atoms. The van der Waals surface area contributed by atoms with Crippen LogP contribution in [0.5, 0.6) is 0 Å². The molecule has 5 heteroatoms. The molecule has 0 aliphatic rings. The molecule has 2 rings (SSSR count). The smallest absolute Gasteiger partial charge is 0.159 e. The van der Waals surface area contributed by atoms with Crippen LogP contribution in [0.25, 0.3) is 11.0 Å². The van der Waals surface area contributed by atoms with Gasteiger partial charge in [0.25, 0.3) is 0 Å². The van der Waals surface area contributed by atoms with Gasteiger partial charge < -0.3 is 0 Å². The summed E-state index contributed by atoms with van der Waals surface area (Å²) in [4.78, 5) is 4.25. The van der Waals surface area contributed by atoms with Crippen molar-refractivity contribution in [3.63, 3.8) is 0 Å². The molecule has 0 saturated heterocycles. The highest BCUT2D eigenvalue weighted by atomic mass is 35.5. The number of nitrogens with zero attached hydrogens (tertiary/aromatic N) is 3. The van der Waals surface area contributed by atoms with E-state index in [1.165, 1.54) is 0 Å². The number of pyridine rings is 1. The lowest BCUT2D eigenvalue weighted by Gasteiger charge is -2.09. The summed E-state index contributed by atoms with van der Waals surface area (Å²) in [6.45, 7) is 4.20. The predicted molar refractivity (Wildman–Crippen MR) is 62.6 cm³/mol. The summed E-state index contributed by atoms with van der Waals surface area (Å²) in [6, 6.07) is 0.312. The maximum atomic E-state index is 6.06. The number of fused-ring (bicyclic) bond motifs is 1. The molecule has 0 amide bonds. The molecule has 1 atom stereocenters. The number of aromatic nitrogens is 3. The average Bonchev–Trinajstić information content (AvgIpc) is 2.66. The average molecular weight is 244 g/mol. The first kappa shape index (κ1) is 10.7. The third-order valence-corrected chi connectivity index (χ3v) is 3.31. The zero-order chi connectivity index (χ0) is 11.0. The third kappa shape index (κ3) is 1.70. The second kappa shape index (κ2) is 3.99. The van der Waals surface area contributed by atoms with Crippen LogP contribution in [0.3, 0.4) is 0 Å². The minimum atomic E-state index is 0.312. The monoisotopic (exact) mass is 243 g/mol. The lowest BCUT2D eigenvalue weighted by molar-refractivity contribution is 0.490. The Balaban J connectivity index is 2.67. The van der Waals surface area contributed by atoms with Gasteiger partial charge in [-0.2, -0.15) is 5.10 Å². The van der Waals surface area contributed by atoms with E-state index in [0.29, 0.717) is 16.1 Å². The molecule has 3 nitrogen and oxygen atoms in total. The van der Waals surface area contributed by atoms with Crippen LogP contribution in [0.15, 0.2) is 12.4 Å². The molecule has 0 aliphatic carbocycles. The van der Waals surface area contributed by atoms with Crippen molar-refractivity contribution in [1.82, 2.24) is 14.8 Å². The standard InChI is InChI=1S/C10H11Cl2N3/c1-3-6(2)15-10-7(4-14-15)9(12)8(11)5-13-10/h4-6H,3H2,1-2H3. The summed E-state index contributed by atoms with van der Waals surface area (Å²) in [7, 11) is 0. The Morgan fingerprint density at radius 1 is 1.40 bits per heavy atom. The van der Waals surface area contributed by atoms with Gasteiger partial charge in [-0.05, 0) is 13.3 Å². The number of hydrogen-bond donors (Lipinski definition) is 0. The maximum Gasteiger partial charge on any atom is 0.159 e. The van der Waals surface area contributed by atoms with Crippen LogP contribution in [0, 0.1) is 0 Å². The molecule has 80 valence electrons. The van der Waals surface area contributed by atoms with Gasteiger partial charge in [-0.3, -0.25) is 0 Å². The molecule has 0 spiro atoms. The molecule has 2 aromatic heterocycles. The van der Waals surface area contributed by atoms with E-state index < -0.39 is 0 Å². The van der Waals surface area contributed by atoms with Crippen LogP contribution in [0.2, 0.25) is 10.0 Å². The van der Waals surface area contributed by atoms with Crippen LogP contribution in [0.4, 0.5) is 0 Å². The fraction of sp³-hybridized carbons (Fsp3) is 0.400. The molecule has 2 aromatic rings. The molecule has 0 N–H and O–H groups in total. The summed E-state index contributed by atoms with van der Waals surface area (Å²) in [5.74, 6) is 0. The molecular weight excluding hydrogens is 233 g/mol. The van der Waals surface area contributed by atoms with Gasteiger partial charge in [-0.25, -0.2) is 9.67 Å². The second-order valence-corrected chi connectivity index (χ2v) is 4.29. The van der Waals surface area contributed by atoms with Crippen molar-refractivity contribution in [3.8, 4) is 0 Å². The van der Waals surface area contributed by atoms with E-state index in [4.69, 9.17) is 23.2 Å². The SMILES string of the molecule is CCC(C)n1ncc2c(Cl)c(Cl)cnc21. The fourth-order valence-corrected chi connectivity index (χ4v) is 1.77. The van der Waals surface area contributed by atoms with Crippen LogP contribution in [0.1, 0.15) is 26.3 Å². The maximum absolute atomic E-state index is 6.06. The van der Waals surface area contributed by atoms with Gasteiger partial charge in [0.1, 0.15) is 0 Å².